The molecule has 0 bridgehead atoms. The summed E-state index contributed by atoms with van der Waals surface area (Å²) < 4.78 is 21.4. The van der Waals surface area contributed by atoms with E-state index in [1.165, 1.54) is 20.3 Å². The number of nitrogens with zero attached hydrogens (tertiary/aromatic N) is 1. The third kappa shape index (κ3) is 2.82. The summed E-state index contributed by atoms with van der Waals surface area (Å²) >= 11 is 0. The lowest BCUT2D eigenvalue weighted by molar-refractivity contribution is -0.115. The van der Waals surface area contributed by atoms with Gasteiger partial charge in [0.25, 0.3) is 5.91 Å². The Morgan fingerprint density at radius 2 is 1.86 bits per heavy atom. The molecule has 0 aromatic heterocycles. The second-order valence-corrected chi connectivity index (χ2v) is 7.52. The number of carbonyl (C=O) groups excluding carboxylic acids is 1. The largest absolute Gasteiger partial charge is 0.434 e. The number of anilines is 1. The van der Waals surface area contributed by atoms with Crippen LogP contribution in [-0.2, 0) is 23.8 Å². The molecular weight excluding hydrogens is 303 g/mol. The van der Waals surface area contributed by atoms with Crippen molar-refractivity contribution in [2.75, 3.05) is 26.2 Å². The molecule has 1 heterocycles. The lowest BCUT2D eigenvalue weighted by atomic mass is 9.84. The molecule has 1 aliphatic heterocycles. The highest BCUT2D eigenvalue weighted by molar-refractivity contribution is 7.52. The fourth-order valence-electron chi connectivity index (χ4n) is 2.72. The Bertz CT molecular complexity index is 661. The van der Waals surface area contributed by atoms with Gasteiger partial charge in [-0.25, -0.2) is 4.57 Å². The fraction of sp³-hybridized carbons (Fsp3) is 0.400. The maximum absolute atomic E-state index is 12.2. The molecule has 0 fully saturated rings. The van der Waals surface area contributed by atoms with Crippen LogP contribution < -0.4 is 9.99 Å². The number of para-hydroxylation sites is 1. The molecule has 22 heavy (non-hydrogen) atoms. The van der Waals surface area contributed by atoms with Gasteiger partial charge < -0.3 is 4.90 Å². The normalized spacial score (nSPS) is 18.4. The van der Waals surface area contributed by atoms with Crippen LogP contribution in [0.3, 0.4) is 0 Å². The molecule has 0 saturated heterocycles. The minimum Gasteiger partial charge on any atom is -0.347 e. The fourth-order valence-corrected chi connectivity index (χ4v) is 3.38. The first-order chi connectivity index (χ1) is 10.2. The first-order valence-corrected chi connectivity index (χ1v) is 8.38. The van der Waals surface area contributed by atoms with E-state index in [-0.39, 0.29) is 5.41 Å². The standard InChI is InChI=1S/C15H21N2O4P/c1-15(2)11-8-6-7-9-12(11)17(3)13(15)10-14(18)16-22(19,20-4)21-5/h6-10H,1-5H3,(H,16,18,19)/b13-10-. The van der Waals surface area contributed by atoms with Crippen molar-refractivity contribution in [2.24, 2.45) is 0 Å². The van der Waals surface area contributed by atoms with Gasteiger partial charge in [-0.2, -0.15) is 0 Å². The minimum absolute atomic E-state index is 0.327. The first kappa shape index (κ1) is 16.7. The Morgan fingerprint density at radius 3 is 2.41 bits per heavy atom. The van der Waals surface area contributed by atoms with Gasteiger partial charge in [-0.15, -0.1) is 0 Å². The highest BCUT2D eigenvalue weighted by atomic mass is 31.2. The van der Waals surface area contributed by atoms with Crippen LogP contribution in [0.2, 0.25) is 0 Å². The van der Waals surface area contributed by atoms with Gasteiger partial charge in [0.15, 0.2) is 0 Å². The average molecular weight is 324 g/mol. The number of hydrogen-bond acceptors (Lipinski definition) is 5. The highest BCUT2D eigenvalue weighted by Crippen LogP contribution is 2.47. The second kappa shape index (κ2) is 5.88. The summed E-state index contributed by atoms with van der Waals surface area (Å²) in [6.07, 6.45) is 1.44. The van der Waals surface area contributed by atoms with Gasteiger partial charge in [0, 0.05) is 44.1 Å². The van der Waals surface area contributed by atoms with Crippen molar-refractivity contribution >= 4 is 19.3 Å². The summed E-state index contributed by atoms with van der Waals surface area (Å²) in [6.45, 7) is 4.08. The van der Waals surface area contributed by atoms with Crippen LogP contribution >= 0.6 is 7.75 Å². The third-order valence-electron chi connectivity index (χ3n) is 3.94. The SMILES string of the molecule is COP(=O)(NC(=O)/C=C1\N(C)c2ccccc2C1(C)C)OC. The summed E-state index contributed by atoms with van der Waals surface area (Å²) in [7, 11) is 0.753. The number of rotatable bonds is 4. The number of amides is 1. The van der Waals surface area contributed by atoms with Gasteiger partial charge in [-0.05, 0) is 11.6 Å². The molecule has 1 amide bonds. The summed E-state index contributed by atoms with van der Waals surface area (Å²) in [5.74, 6) is -0.519. The van der Waals surface area contributed by atoms with Gasteiger partial charge in [0.2, 0.25) is 0 Å². The van der Waals surface area contributed by atoms with E-state index in [1.54, 1.807) is 0 Å². The summed E-state index contributed by atoms with van der Waals surface area (Å²) in [6, 6.07) is 7.98. The number of carbonyl (C=O) groups is 1. The molecule has 1 aliphatic rings. The smallest absolute Gasteiger partial charge is 0.347 e. The van der Waals surface area contributed by atoms with Crippen molar-refractivity contribution in [3.05, 3.63) is 41.6 Å². The van der Waals surface area contributed by atoms with E-state index in [0.29, 0.717) is 0 Å². The van der Waals surface area contributed by atoms with E-state index in [4.69, 9.17) is 9.05 Å². The lowest BCUT2D eigenvalue weighted by Crippen LogP contribution is -2.27. The third-order valence-corrected chi connectivity index (χ3v) is 5.39. The maximum atomic E-state index is 12.2. The zero-order chi connectivity index (χ0) is 16.5. The summed E-state index contributed by atoms with van der Waals surface area (Å²) in [4.78, 5) is 14.1. The Hall–Kier alpha value is -1.62. The molecule has 0 radical (unpaired) electrons. The molecular formula is C15H21N2O4P. The Balaban J connectivity index is 2.34. The first-order valence-electron chi connectivity index (χ1n) is 6.84. The number of hydrogen-bond donors (Lipinski definition) is 1. The lowest BCUT2D eigenvalue weighted by Gasteiger charge is -2.24. The maximum Gasteiger partial charge on any atom is 0.434 e. The van der Waals surface area contributed by atoms with Crippen molar-refractivity contribution in [1.82, 2.24) is 5.09 Å². The van der Waals surface area contributed by atoms with E-state index >= 15 is 0 Å². The molecule has 0 atom stereocenters. The number of likely N-dealkylation sites (N-methyl/N-ethyl adjacent to an activating group) is 1. The molecule has 120 valence electrons. The number of allylic oxidation sites excluding steroid dienone is 1. The molecule has 1 aromatic carbocycles. The van der Waals surface area contributed by atoms with Crippen molar-refractivity contribution in [3.8, 4) is 0 Å². The van der Waals surface area contributed by atoms with Crippen LogP contribution in [0.25, 0.3) is 0 Å². The van der Waals surface area contributed by atoms with Gasteiger partial charge in [-0.3, -0.25) is 18.9 Å². The van der Waals surface area contributed by atoms with E-state index in [1.807, 2.05) is 50.1 Å². The number of fused-ring (bicyclic) bond motifs is 1. The molecule has 0 unspecified atom stereocenters. The number of benzene rings is 1. The monoisotopic (exact) mass is 324 g/mol. The van der Waals surface area contributed by atoms with Crippen LogP contribution in [0, 0.1) is 0 Å². The second-order valence-electron chi connectivity index (χ2n) is 5.57. The molecule has 0 aliphatic carbocycles. The topological polar surface area (TPSA) is 67.9 Å². The Morgan fingerprint density at radius 1 is 1.27 bits per heavy atom. The average Bonchev–Trinajstić information content (AvgIpc) is 2.69. The van der Waals surface area contributed by atoms with Crippen molar-refractivity contribution in [1.29, 1.82) is 0 Å². The van der Waals surface area contributed by atoms with Gasteiger partial charge in [0.05, 0.1) is 0 Å². The quantitative estimate of drug-likeness (QED) is 0.681. The van der Waals surface area contributed by atoms with Crippen LogP contribution in [0.5, 0.6) is 0 Å². The molecule has 0 saturated carbocycles. The van der Waals surface area contributed by atoms with Crippen LogP contribution in [0.1, 0.15) is 19.4 Å². The predicted molar refractivity (Wildman–Crippen MR) is 85.7 cm³/mol. The van der Waals surface area contributed by atoms with E-state index in [0.717, 1.165) is 16.9 Å². The van der Waals surface area contributed by atoms with Gasteiger partial charge in [0.1, 0.15) is 0 Å². The number of nitrogens with one attached hydrogen (secondary N) is 1. The Kier molecular flexibility index (Phi) is 4.47. The van der Waals surface area contributed by atoms with Gasteiger partial charge >= 0.3 is 7.75 Å². The molecule has 0 spiro atoms. The van der Waals surface area contributed by atoms with Crippen LogP contribution in [0.4, 0.5) is 5.69 Å². The van der Waals surface area contributed by atoms with Gasteiger partial charge in [-0.1, -0.05) is 32.0 Å². The van der Waals surface area contributed by atoms with E-state index in [9.17, 15) is 9.36 Å². The summed E-state index contributed by atoms with van der Waals surface area (Å²) in [5, 5.41) is 2.27. The minimum atomic E-state index is -3.59. The zero-order valence-corrected chi connectivity index (χ0v) is 14.3. The van der Waals surface area contributed by atoms with Crippen molar-refractivity contribution < 1.29 is 18.4 Å². The van der Waals surface area contributed by atoms with E-state index < -0.39 is 13.7 Å². The van der Waals surface area contributed by atoms with Crippen LogP contribution in [-0.4, -0.2) is 27.2 Å². The summed E-state index contributed by atoms with van der Waals surface area (Å²) in [5.41, 5.74) is 2.67. The van der Waals surface area contributed by atoms with Crippen LogP contribution in [0.15, 0.2) is 36.0 Å². The molecule has 1 aromatic rings. The highest BCUT2D eigenvalue weighted by Gasteiger charge is 2.39. The molecule has 2 rings (SSSR count). The molecule has 1 N–H and O–H groups in total. The zero-order valence-electron chi connectivity index (χ0n) is 13.4. The van der Waals surface area contributed by atoms with Crippen molar-refractivity contribution in [3.63, 3.8) is 0 Å². The van der Waals surface area contributed by atoms with Crippen molar-refractivity contribution in [2.45, 2.75) is 19.3 Å². The molecule has 7 heteroatoms. The molecule has 6 nitrogen and oxygen atoms in total. The Labute approximate surface area is 130 Å². The predicted octanol–water partition coefficient (Wildman–Crippen LogP) is 2.82. The van der Waals surface area contributed by atoms with E-state index in [2.05, 4.69) is 5.09 Å².